The number of hydrogen-bond donors (Lipinski definition) is 1. The molecule has 0 spiro atoms. The maximum absolute atomic E-state index is 12.7. The molecule has 2 rings (SSSR count). The molecule has 0 unspecified atom stereocenters. The summed E-state index contributed by atoms with van der Waals surface area (Å²) in [5.74, 6) is 0. The van der Waals surface area contributed by atoms with E-state index < -0.39 is 10.0 Å². The van der Waals surface area contributed by atoms with Gasteiger partial charge >= 0.3 is 0 Å². The van der Waals surface area contributed by atoms with Crippen LogP contribution in [-0.4, -0.2) is 57.4 Å². The number of rotatable bonds is 5. The molecular weight excluding hydrogens is 286 g/mol. The highest BCUT2D eigenvalue weighted by Crippen LogP contribution is 2.20. The van der Waals surface area contributed by atoms with Crippen molar-refractivity contribution < 1.29 is 8.42 Å². The Hall–Kier alpha value is -0.950. The average Bonchev–Trinajstić information content (AvgIpc) is 2.46. The molecule has 1 N–H and O–H groups in total. The summed E-state index contributed by atoms with van der Waals surface area (Å²) < 4.78 is 27.0. The van der Waals surface area contributed by atoms with Crippen LogP contribution in [0.1, 0.15) is 18.1 Å². The van der Waals surface area contributed by atoms with Gasteiger partial charge in [-0.3, -0.25) is 0 Å². The number of nitrogens with zero attached hydrogens (tertiary/aromatic N) is 2. The van der Waals surface area contributed by atoms with Gasteiger partial charge in [-0.05, 0) is 43.8 Å². The van der Waals surface area contributed by atoms with E-state index in [9.17, 15) is 8.42 Å². The van der Waals surface area contributed by atoms with E-state index in [-0.39, 0.29) is 0 Å². The van der Waals surface area contributed by atoms with Crippen molar-refractivity contribution in [2.45, 2.75) is 25.3 Å². The van der Waals surface area contributed by atoms with E-state index in [4.69, 9.17) is 0 Å². The van der Waals surface area contributed by atoms with E-state index in [2.05, 4.69) is 10.2 Å². The number of sulfonamides is 1. The summed E-state index contributed by atoms with van der Waals surface area (Å²) in [5, 5.41) is 3.25. The zero-order valence-corrected chi connectivity index (χ0v) is 13.9. The molecule has 1 heterocycles. The van der Waals surface area contributed by atoms with E-state index in [0.717, 1.165) is 30.8 Å². The van der Waals surface area contributed by atoms with Gasteiger partial charge in [-0.2, -0.15) is 4.31 Å². The van der Waals surface area contributed by atoms with Crippen LogP contribution >= 0.6 is 0 Å². The number of piperazine rings is 1. The predicted molar refractivity (Wildman–Crippen MR) is 84.8 cm³/mol. The van der Waals surface area contributed by atoms with Crippen molar-refractivity contribution in [2.75, 3.05) is 39.8 Å². The molecule has 0 aliphatic carbocycles. The second-order valence-electron chi connectivity index (χ2n) is 5.58. The van der Waals surface area contributed by atoms with E-state index >= 15 is 0 Å². The number of aryl methyl sites for hydroxylation is 1. The first-order chi connectivity index (χ1) is 9.95. The molecule has 0 bridgehead atoms. The topological polar surface area (TPSA) is 52.7 Å². The van der Waals surface area contributed by atoms with Crippen LogP contribution in [-0.2, 0) is 16.6 Å². The van der Waals surface area contributed by atoms with Gasteiger partial charge in [0.15, 0.2) is 0 Å². The van der Waals surface area contributed by atoms with Crippen molar-refractivity contribution in [3.05, 3.63) is 29.3 Å². The SMILES string of the molecule is CCNCc1cc(S(=O)(=O)N2CCN(C)CC2)ccc1C. The minimum atomic E-state index is -3.37. The van der Waals surface area contributed by atoms with Gasteiger partial charge in [0.1, 0.15) is 0 Å². The fourth-order valence-electron chi connectivity index (χ4n) is 2.44. The second kappa shape index (κ2) is 6.87. The lowest BCUT2D eigenvalue weighted by Crippen LogP contribution is -2.47. The van der Waals surface area contributed by atoms with Crippen LogP contribution in [0.3, 0.4) is 0 Å². The number of nitrogens with one attached hydrogen (secondary N) is 1. The molecule has 1 aliphatic rings. The molecule has 1 aliphatic heterocycles. The fraction of sp³-hybridized carbons (Fsp3) is 0.600. The molecule has 21 heavy (non-hydrogen) atoms. The van der Waals surface area contributed by atoms with Gasteiger partial charge in [0, 0.05) is 32.7 Å². The van der Waals surface area contributed by atoms with Crippen LogP contribution in [0.2, 0.25) is 0 Å². The molecule has 0 radical (unpaired) electrons. The summed E-state index contributed by atoms with van der Waals surface area (Å²) in [6, 6.07) is 5.43. The third-order valence-corrected chi connectivity index (χ3v) is 5.88. The lowest BCUT2D eigenvalue weighted by Gasteiger charge is -2.31. The third-order valence-electron chi connectivity index (χ3n) is 3.99. The Labute approximate surface area is 128 Å². The lowest BCUT2D eigenvalue weighted by molar-refractivity contribution is 0.222. The Bertz CT molecular complexity index is 579. The van der Waals surface area contributed by atoms with Gasteiger partial charge < -0.3 is 10.2 Å². The van der Waals surface area contributed by atoms with E-state index in [1.54, 1.807) is 10.4 Å². The maximum Gasteiger partial charge on any atom is 0.243 e. The van der Waals surface area contributed by atoms with E-state index in [1.165, 1.54) is 0 Å². The van der Waals surface area contributed by atoms with Crippen LogP contribution in [0, 0.1) is 6.92 Å². The van der Waals surface area contributed by atoms with E-state index in [0.29, 0.717) is 24.5 Å². The second-order valence-corrected chi connectivity index (χ2v) is 7.51. The molecule has 1 fully saturated rings. The zero-order valence-electron chi connectivity index (χ0n) is 13.1. The molecule has 1 saturated heterocycles. The molecule has 0 aromatic heterocycles. The molecule has 0 atom stereocenters. The van der Waals surface area contributed by atoms with Crippen LogP contribution < -0.4 is 5.32 Å². The summed E-state index contributed by atoms with van der Waals surface area (Å²) in [5.41, 5.74) is 2.17. The van der Waals surface area contributed by atoms with Crippen molar-refractivity contribution in [1.82, 2.24) is 14.5 Å². The maximum atomic E-state index is 12.7. The van der Waals surface area contributed by atoms with Gasteiger partial charge in [0.05, 0.1) is 4.90 Å². The Morgan fingerprint density at radius 2 is 1.86 bits per heavy atom. The summed E-state index contributed by atoms with van der Waals surface area (Å²) in [7, 11) is -1.35. The molecule has 0 amide bonds. The Kier molecular flexibility index (Phi) is 5.37. The molecular formula is C15H25N3O2S. The smallest absolute Gasteiger partial charge is 0.243 e. The zero-order chi connectivity index (χ0) is 15.5. The van der Waals surface area contributed by atoms with Crippen LogP contribution in [0.15, 0.2) is 23.1 Å². The monoisotopic (exact) mass is 311 g/mol. The Balaban J connectivity index is 2.23. The van der Waals surface area contributed by atoms with Gasteiger partial charge in [0.2, 0.25) is 10.0 Å². The summed E-state index contributed by atoms with van der Waals surface area (Å²) in [6.45, 7) is 8.33. The van der Waals surface area contributed by atoms with Crippen molar-refractivity contribution in [1.29, 1.82) is 0 Å². The fourth-order valence-corrected chi connectivity index (χ4v) is 3.91. The highest BCUT2D eigenvalue weighted by Gasteiger charge is 2.27. The third kappa shape index (κ3) is 3.83. The van der Waals surface area contributed by atoms with Gasteiger partial charge in [0.25, 0.3) is 0 Å². The van der Waals surface area contributed by atoms with Crippen molar-refractivity contribution in [3.63, 3.8) is 0 Å². The first-order valence-corrected chi connectivity index (χ1v) is 8.88. The molecule has 6 heteroatoms. The van der Waals surface area contributed by atoms with Crippen LogP contribution in [0.5, 0.6) is 0 Å². The molecule has 5 nitrogen and oxygen atoms in total. The highest BCUT2D eigenvalue weighted by molar-refractivity contribution is 7.89. The standard InChI is InChI=1S/C15H25N3O2S/c1-4-16-12-14-11-15(6-5-13(14)2)21(19,20)18-9-7-17(3)8-10-18/h5-6,11,16H,4,7-10,12H2,1-3H3. The average molecular weight is 311 g/mol. The van der Waals surface area contributed by atoms with Gasteiger partial charge in [-0.1, -0.05) is 13.0 Å². The molecule has 1 aromatic carbocycles. The Morgan fingerprint density at radius 1 is 1.19 bits per heavy atom. The number of hydrogen-bond acceptors (Lipinski definition) is 4. The number of likely N-dealkylation sites (N-methyl/N-ethyl adjacent to an activating group) is 1. The van der Waals surface area contributed by atoms with Gasteiger partial charge in [-0.15, -0.1) is 0 Å². The van der Waals surface area contributed by atoms with Crippen molar-refractivity contribution in [2.24, 2.45) is 0 Å². The minimum absolute atomic E-state index is 0.408. The summed E-state index contributed by atoms with van der Waals surface area (Å²) >= 11 is 0. The van der Waals surface area contributed by atoms with Crippen LogP contribution in [0.4, 0.5) is 0 Å². The number of benzene rings is 1. The van der Waals surface area contributed by atoms with Crippen LogP contribution in [0.25, 0.3) is 0 Å². The normalized spacial score (nSPS) is 18.0. The van der Waals surface area contributed by atoms with E-state index in [1.807, 2.05) is 33.0 Å². The largest absolute Gasteiger partial charge is 0.313 e. The first-order valence-electron chi connectivity index (χ1n) is 7.44. The molecule has 0 saturated carbocycles. The lowest BCUT2D eigenvalue weighted by atomic mass is 10.1. The molecule has 118 valence electrons. The molecule has 1 aromatic rings. The quantitative estimate of drug-likeness (QED) is 0.883. The summed E-state index contributed by atoms with van der Waals surface area (Å²) in [6.07, 6.45) is 0. The first kappa shape index (κ1) is 16.4. The highest BCUT2D eigenvalue weighted by atomic mass is 32.2. The summed E-state index contributed by atoms with van der Waals surface area (Å²) in [4.78, 5) is 2.56. The predicted octanol–water partition coefficient (Wildman–Crippen LogP) is 1.04. The Morgan fingerprint density at radius 3 is 2.48 bits per heavy atom. The van der Waals surface area contributed by atoms with Crippen molar-refractivity contribution >= 4 is 10.0 Å². The minimum Gasteiger partial charge on any atom is -0.313 e. The van der Waals surface area contributed by atoms with Crippen molar-refractivity contribution in [3.8, 4) is 0 Å². The van der Waals surface area contributed by atoms with Gasteiger partial charge in [-0.25, -0.2) is 8.42 Å².